The highest BCUT2D eigenvalue weighted by Crippen LogP contribution is 2.28. The first-order valence-corrected chi connectivity index (χ1v) is 7.47. The zero-order valence-corrected chi connectivity index (χ0v) is 12.2. The molecule has 0 aromatic carbocycles. The van der Waals surface area contributed by atoms with E-state index in [1.807, 2.05) is 4.83 Å². The molecule has 2 rings (SSSR count). The average molecular weight is 353 g/mol. The minimum Gasteiger partial charge on any atom is -0.292 e. The number of aromatic nitrogens is 2. The largest absolute Gasteiger partial charge is 0.417 e. The number of hydrogen-bond donors (Lipinski definition) is 2. The first-order chi connectivity index (χ1) is 10.2. The van der Waals surface area contributed by atoms with Crippen LogP contribution in [0, 0.1) is 0 Å². The van der Waals surface area contributed by atoms with Crippen LogP contribution in [0.15, 0.2) is 41.6 Å². The van der Waals surface area contributed by atoms with Crippen LogP contribution < -0.4 is 10.3 Å². The summed E-state index contributed by atoms with van der Waals surface area (Å²) in [6.45, 7) is 0. The first-order valence-electron chi connectivity index (χ1n) is 5.61. The van der Waals surface area contributed by atoms with Crippen molar-refractivity contribution in [3.8, 4) is 0 Å². The molecule has 0 atom stereocenters. The summed E-state index contributed by atoms with van der Waals surface area (Å²) in [6.07, 6.45) is -2.90. The van der Waals surface area contributed by atoms with E-state index in [1.165, 1.54) is 12.1 Å². The summed E-state index contributed by atoms with van der Waals surface area (Å²) in [5.74, 6) is -0.0986. The molecular weight excluding hydrogens is 345 g/mol. The van der Waals surface area contributed by atoms with Crippen molar-refractivity contribution in [1.29, 1.82) is 0 Å². The van der Waals surface area contributed by atoms with Gasteiger partial charge in [0.25, 0.3) is 10.0 Å². The molecule has 118 valence electrons. The highest BCUT2D eigenvalue weighted by molar-refractivity contribution is 7.89. The van der Waals surface area contributed by atoms with Gasteiger partial charge in [-0.05, 0) is 24.3 Å². The van der Waals surface area contributed by atoms with Gasteiger partial charge in [0.15, 0.2) is 0 Å². The maximum absolute atomic E-state index is 12.4. The van der Waals surface area contributed by atoms with Crippen LogP contribution in [0.3, 0.4) is 0 Å². The molecule has 0 bridgehead atoms. The molecule has 0 saturated carbocycles. The SMILES string of the molecule is O=S(=O)(NNc1ccc(C(F)(F)F)cn1)c1ccc(Cl)nc1. The summed E-state index contributed by atoms with van der Waals surface area (Å²) in [7, 11) is -3.96. The van der Waals surface area contributed by atoms with Crippen LogP contribution in [0.25, 0.3) is 0 Å². The monoisotopic (exact) mass is 352 g/mol. The van der Waals surface area contributed by atoms with Crippen LogP contribution in [-0.4, -0.2) is 18.4 Å². The topological polar surface area (TPSA) is 84.0 Å². The van der Waals surface area contributed by atoms with Crippen molar-refractivity contribution in [2.24, 2.45) is 0 Å². The smallest absolute Gasteiger partial charge is 0.292 e. The van der Waals surface area contributed by atoms with E-state index in [2.05, 4.69) is 15.4 Å². The lowest BCUT2D eigenvalue weighted by atomic mass is 10.3. The van der Waals surface area contributed by atoms with Crippen LogP contribution in [0.2, 0.25) is 5.15 Å². The van der Waals surface area contributed by atoms with E-state index in [0.717, 1.165) is 18.3 Å². The van der Waals surface area contributed by atoms with Crippen molar-refractivity contribution in [3.05, 3.63) is 47.4 Å². The van der Waals surface area contributed by atoms with E-state index < -0.39 is 21.8 Å². The molecule has 2 N–H and O–H groups in total. The molecule has 0 aliphatic carbocycles. The molecule has 2 aromatic heterocycles. The van der Waals surface area contributed by atoms with Gasteiger partial charge in [-0.15, -0.1) is 4.83 Å². The Morgan fingerprint density at radius 1 is 1.05 bits per heavy atom. The Hall–Kier alpha value is -1.91. The molecular formula is C11H8ClF3N4O2S. The Morgan fingerprint density at radius 3 is 2.27 bits per heavy atom. The lowest BCUT2D eigenvalue weighted by Gasteiger charge is -2.10. The van der Waals surface area contributed by atoms with E-state index in [0.29, 0.717) is 6.20 Å². The molecule has 11 heteroatoms. The molecule has 2 heterocycles. The Bertz CT molecular complexity index is 748. The van der Waals surface area contributed by atoms with E-state index in [4.69, 9.17) is 11.6 Å². The lowest BCUT2D eigenvalue weighted by Crippen LogP contribution is -2.30. The van der Waals surface area contributed by atoms with Gasteiger partial charge in [0.2, 0.25) is 0 Å². The number of nitrogens with one attached hydrogen (secondary N) is 2. The normalized spacial score (nSPS) is 12.2. The summed E-state index contributed by atoms with van der Waals surface area (Å²) < 4.78 is 60.8. The van der Waals surface area contributed by atoms with E-state index >= 15 is 0 Å². The molecule has 0 fully saturated rings. The van der Waals surface area contributed by atoms with Crippen LogP contribution in [0.4, 0.5) is 19.0 Å². The second-order valence-corrected chi connectivity index (χ2v) is 6.05. The van der Waals surface area contributed by atoms with Crippen LogP contribution >= 0.6 is 11.6 Å². The fraction of sp³-hybridized carbons (Fsp3) is 0.0909. The van der Waals surface area contributed by atoms with Gasteiger partial charge in [-0.3, -0.25) is 5.43 Å². The fourth-order valence-electron chi connectivity index (χ4n) is 1.34. The zero-order chi connectivity index (χ0) is 16.4. The maximum atomic E-state index is 12.4. The van der Waals surface area contributed by atoms with Gasteiger partial charge in [0.05, 0.1) is 5.56 Å². The third-order valence-electron chi connectivity index (χ3n) is 2.41. The van der Waals surface area contributed by atoms with Crippen molar-refractivity contribution in [1.82, 2.24) is 14.8 Å². The fourth-order valence-corrected chi connectivity index (χ4v) is 2.24. The van der Waals surface area contributed by atoms with Gasteiger partial charge in [-0.25, -0.2) is 18.4 Å². The van der Waals surface area contributed by atoms with Gasteiger partial charge in [-0.2, -0.15) is 13.2 Å². The van der Waals surface area contributed by atoms with E-state index in [9.17, 15) is 21.6 Å². The third-order valence-corrected chi connectivity index (χ3v) is 3.87. The number of pyridine rings is 2. The summed E-state index contributed by atoms with van der Waals surface area (Å²) >= 11 is 5.54. The van der Waals surface area contributed by atoms with Crippen LogP contribution in [-0.2, 0) is 16.2 Å². The average Bonchev–Trinajstić information content (AvgIpc) is 2.45. The minimum absolute atomic E-state index is 0.0986. The van der Waals surface area contributed by atoms with Crippen molar-refractivity contribution < 1.29 is 21.6 Å². The van der Waals surface area contributed by atoms with Gasteiger partial charge in [0, 0.05) is 12.4 Å². The van der Waals surface area contributed by atoms with E-state index in [-0.39, 0.29) is 15.9 Å². The van der Waals surface area contributed by atoms with Gasteiger partial charge in [-0.1, -0.05) is 11.6 Å². The number of sulfonamides is 1. The van der Waals surface area contributed by atoms with E-state index in [1.54, 1.807) is 0 Å². The quantitative estimate of drug-likeness (QED) is 0.652. The number of hydrogen-bond acceptors (Lipinski definition) is 5. The Kier molecular flexibility index (Phi) is 4.54. The lowest BCUT2D eigenvalue weighted by molar-refractivity contribution is -0.137. The molecule has 22 heavy (non-hydrogen) atoms. The van der Waals surface area contributed by atoms with Gasteiger partial charge < -0.3 is 0 Å². The highest BCUT2D eigenvalue weighted by Gasteiger charge is 2.30. The number of anilines is 1. The summed E-state index contributed by atoms with van der Waals surface area (Å²) in [5, 5.41) is 0.122. The second-order valence-electron chi connectivity index (χ2n) is 3.98. The van der Waals surface area contributed by atoms with Crippen molar-refractivity contribution in [3.63, 3.8) is 0 Å². The van der Waals surface area contributed by atoms with Crippen molar-refractivity contribution in [2.45, 2.75) is 11.1 Å². The number of rotatable bonds is 4. The molecule has 0 amide bonds. The van der Waals surface area contributed by atoms with Crippen molar-refractivity contribution in [2.75, 3.05) is 5.43 Å². The minimum atomic E-state index is -4.51. The summed E-state index contributed by atoms with van der Waals surface area (Å²) in [4.78, 5) is 8.87. The molecule has 0 aliphatic rings. The van der Waals surface area contributed by atoms with Crippen LogP contribution in [0.5, 0.6) is 0 Å². The Labute approximate surface area is 128 Å². The second kappa shape index (κ2) is 6.07. The number of hydrazine groups is 1. The first kappa shape index (κ1) is 16.5. The zero-order valence-electron chi connectivity index (χ0n) is 10.6. The Balaban J connectivity index is 2.07. The number of alkyl halides is 3. The van der Waals surface area contributed by atoms with Gasteiger partial charge in [0.1, 0.15) is 15.9 Å². The molecule has 2 aromatic rings. The van der Waals surface area contributed by atoms with Crippen LogP contribution in [0.1, 0.15) is 5.56 Å². The maximum Gasteiger partial charge on any atom is 0.417 e. The third kappa shape index (κ3) is 4.06. The van der Waals surface area contributed by atoms with Gasteiger partial charge >= 0.3 is 6.18 Å². The summed E-state index contributed by atoms with van der Waals surface area (Å²) in [5.41, 5.74) is 1.26. The summed E-state index contributed by atoms with van der Waals surface area (Å²) in [6, 6.07) is 4.27. The molecule has 0 saturated heterocycles. The number of halogens is 4. The number of nitrogens with zero attached hydrogens (tertiary/aromatic N) is 2. The highest BCUT2D eigenvalue weighted by atomic mass is 35.5. The standard InChI is InChI=1S/C11H8ClF3N4O2S/c12-9-3-2-8(6-16-9)22(20,21)19-18-10-4-1-7(5-17-10)11(13,14)15/h1-6,19H,(H,17,18). The van der Waals surface area contributed by atoms with Crippen molar-refractivity contribution >= 4 is 27.4 Å². The Morgan fingerprint density at radius 2 is 1.77 bits per heavy atom. The predicted molar refractivity (Wildman–Crippen MR) is 72.4 cm³/mol. The molecule has 0 aliphatic heterocycles. The molecule has 0 radical (unpaired) electrons. The molecule has 0 spiro atoms. The molecule has 6 nitrogen and oxygen atoms in total. The molecule has 0 unspecified atom stereocenters. The predicted octanol–water partition coefficient (Wildman–Crippen LogP) is 2.45.